The van der Waals surface area contributed by atoms with E-state index in [-0.39, 0.29) is 29.7 Å². The molecule has 7 nitrogen and oxygen atoms in total. The van der Waals surface area contributed by atoms with Gasteiger partial charge in [-0.1, -0.05) is 12.1 Å². The monoisotopic (exact) mass is 495 g/mol. The number of carbonyl (C=O) groups excluding carboxylic acids is 1. The van der Waals surface area contributed by atoms with Crippen LogP contribution < -0.4 is 4.74 Å². The Labute approximate surface area is 206 Å². The third-order valence-corrected chi connectivity index (χ3v) is 7.65. The molecule has 0 unspecified atom stereocenters. The van der Waals surface area contributed by atoms with Crippen molar-refractivity contribution in [1.29, 1.82) is 0 Å². The van der Waals surface area contributed by atoms with Gasteiger partial charge in [-0.3, -0.25) is 4.79 Å². The fourth-order valence-corrected chi connectivity index (χ4v) is 5.82. The van der Waals surface area contributed by atoms with Gasteiger partial charge in [0.2, 0.25) is 0 Å². The lowest BCUT2D eigenvalue weighted by molar-refractivity contribution is -0.0804. The van der Waals surface area contributed by atoms with E-state index in [2.05, 4.69) is 6.08 Å². The average Bonchev–Trinajstić information content (AvgIpc) is 3.36. The fourth-order valence-electron chi connectivity index (χ4n) is 5.82. The van der Waals surface area contributed by atoms with Gasteiger partial charge in [0.15, 0.2) is 0 Å². The predicted octanol–water partition coefficient (Wildman–Crippen LogP) is 4.54. The van der Waals surface area contributed by atoms with Crippen LogP contribution in [0.5, 0.6) is 5.75 Å². The molecule has 188 valence electrons. The van der Waals surface area contributed by atoms with Gasteiger partial charge in [0, 0.05) is 35.9 Å². The van der Waals surface area contributed by atoms with E-state index in [1.165, 1.54) is 6.07 Å². The fraction of sp³-hybridized carbons (Fsp3) is 0.407. The lowest BCUT2D eigenvalue weighted by Gasteiger charge is -2.32. The van der Waals surface area contributed by atoms with E-state index in [1.807, 2.05) is 18.3 Å². The summed E-state index contributed by atoms with van der Waals surface area (Å²) in [5.74, 6) is -0.515. The highest BCUT2D eigenvalue weighted by molar-refractivity contribution is 5.98. The molecular formula is C27H27F2N3O4. The first-order chi connectivity index (χ1) is 17.1. The van der Waals surface area contributed by atoms with E-state index in [0.717, 1.165) is 27.9 Å². The number of fused-ring (bicyclic) bond motifs is 9. The Bertz CT molecular complexity index is 1410. The molecule has 2 bridgehead atoms. The Morgan fingerprint density at radius 3 is 2.75 bits per heavy atom. The summed E-state index contributed by atoms with van der Waals surface area (Å²) in [6.45, 7) is 0.861. The molecule has 1 amide bonds. The van der Waals surface area contributed by atoms with Crippen molar-refractivity contribution in [2.75, 3.05) is 13.7 Å². The second kappa shape index (κ2) is 8.11. The minimum Gasteiger partial charge on any atom is -0.434 e. The average molecular weight is 496 g/mol. The van der Waals surface area contributed by atoms with Gasteiger partial charge in [0.05, 0.1) is 35.6 Å². The van der Waals surface area contributed by atoms with Gasteiger partial charge in [-0.15, -0.1) is 0 Å². The number of benzene rings is 1. The van der Waals surface area contributed by atoms with Crippen molar-refractivity contribution in [2.45, 2.75) is 57.0 Å². The zero-order valence-corrected chi connectivity index (χ0v) is 20.2. The van der Waals surface area contributed by atoms with Crippen molar-refractivity contribution in [3.8, 4) is 5.75 Å². The SMILES string of the molecule is CN1C(=O)c2cccc(OC(F)F)c2[C@H]2C[C@@H]1c1nn3ccc(C4=CC[C@H](C(C)(C)O)OC4)cc3c12. The first kappa shape index (κ1) is 23.1. The molecule has 1 aliphatic carbocycles. The van der Waals surface area contributed by atoms with Crippen LogP contribution in [0.25, 0.3) is 11.1 Å². The van der Waals surface area contributed by atoms with Gasteiger partial charge >= 0.3 is 6.61 Å². The highest BCUT2D eigenvalue weighted by atomic mass is 19.3. The Hall–Kier alpha value is -3.30. The Kier molecular flexibility index (Phi) is 5.21. The van der Waals surface area contributed by atoms with Crippen LogP contribution in [-0.2, 0) is 4.74 Å². The molecule has 0 spiro atoms. The molecule has 6 rings (SSSR count). The molecule has 2 aliphatic heterocycles. The number of hydrogen-bond acceptors (Lipinski definition) is 5. The van der Waals surface area contributed by atoms with Crippen molar-refractivity contribution in [3.05, 3.63) is 70.6 Å². The lowest BCUT2D eigenvalue weighted by atomic mass is 9.88. The Balaban J connectivity index is 1.48. The molecule has 3 aliphatic rings. The maximum Gasteiger partial charge on any atom is 0.387 e. The number of pyridine rings is 1. The van der Waals surface area contributed by atoms with E-state index in [0.29, 0.717) is 30.6 Å². The van der Waals surface area contributed by atoms with Crippen molar-refractivity contribution >= 4 is 17.0 Å². The molecule has 0 fully saturated rings. The highest BCUT2D eigenvalue weighted by Gasteiger charge is 2.46. The van der Waals surface area contributed by atoms with Gasteiger partial charge in [-0.2, -0.15) is 13.9 Å². The molecule has 36 heavy (non-hydrogen) atoms. The van der Waals surface area contributed by atoms with Gasteiger partial charge < -0.3 is 19.5 Å². The summed E-state index contributed by atoms with van der Waals surface area (Å²) in [5.41, 5.74) is 4.50. The molecule has 1 N–H and O–H groups in total. The molecule has 0 radical (unpaired) electrons. The normalized spacial score (nSPS) is 23.5. The zero-order chi connectivity index (χ0) is 25.4. The highest BCUT2D eigenvalue weighted by Crippen LogP contribution is 2.53. The summed E-state index contributed by atoms with van der Waals surface area (Å²) in [4.78, 5) is 14.9. The largest absolute Gasteiger partial charge is 0.434 e. The van der Waals surface area contributed by atoms with Gasteiger partial charge in [0.1, 0.15) is 5.75 Å². The smallest absolute Gasteiger partial charge is 0.387 e. The van der Waals surface area contributed by atoms with Crippen molar-refractivity contribution in [1.82, 2.24) is 14.5 Å². The Morgan fingerprint density at radius 1 is 1.25 bits per heavy atom. The predicted molar refractivity (Wildman–Crippen MR) is 128 cm³/mol. The summed E-state index contributed by atoms with van der Waals surface area (Å²) in [6.07, 6.45) is 4.85. The molecule has 9 heteroatoms. The number of carbonyl (C=O) groups is 1. The standard InChI is InChI=1S/C27H27F2N3O4/c1-27(2,34)21-8-7-15(13-35-21)14-9-10-32-18(11-14)23-17-12-19(24(23)30-32)31(3)25(33)16-5-4-6-20(22(16)17)36-26(28)29/h4-7,9-11,17,19,21,26,34H,8,12-13H2,1-3H3/t17-,19-,21-/m1/s1. The van der Waals surface area contributed by atoms with Crippen LogP contribution in [0.1, 0.15) is 71.4 Å². The van der Waals surface area contributed by atoms with Crippen LogP contribution in [0.3, 0.4) is 0 Å². The summed E-state index contributed by atoms with van der Waals surface area (Å²) in [7, 11) is 1.73. The van der Waals surface area contributed by atoms with Crippen LogP contribution in [0.4, 0.5) is 8.78 Å². The summed E-state index contributed by atoms with van der Waals surface area (Å²) < 4.78 is 39.2. The zero-order valence-electron chi connectivity index (χ0n) is 20.2. The second-order valence-corrected chi connectivity index (χ2v) is 10.3. The molecule has 3 atom stereocenters. The van der Waals surface area contributed by atoms with Crippen LogP contribution in [0, 0.1) is 0 Å². The number of nitrogens with zero attached hydrogens (tertiary/aromatic N) is 3. The minimum absolute atomic E-state index is 0.0271. The quantitative estimate of drug-likeness (QED) is 0.575. The summed E-state index contributed by atoms with van der Waals surface area (Å²) in [5, 5.41) is 15.1. The number of aromatic nitrogens is 2. The molecule has 2 aromatic heterocycles. The molecule has 3 aromatic rings. The molecular weight excluding hydrogens is 468 g/mol. The van der Waals surface area contributed by atoms with Crippen LogP contribution in [0.2, 0.25) is 0 Å². The lowest BCUT2D eigenvalue weighted by Crippen LogP contribution is -2.39. The van der Waals surface area contributed by atoms with Crippen molar-refractivity contribution in [2.24, 2.45) is 0 Å². The third-order valence-electron chi connectivity index (χ3n) is 7.65. The summed E-state index contributed by atoms with van der Waals surface area (Å²) in [6, 6.07) is 8.49. The van der Waals surface area contributed by atoms with E-state index in [9.17, 15) is 18.7 Å². The van der Waals surface area contributed by atoms with E-state index < -0.39 is 12.2 Å². The van der Waals surface area contributed by atoms with Crippen molar-refractivity contribution < 1.29 is 28.2 Å². The number of aliphatic hydroxyl groups is 1. The topological polar surface area (TPSA) is 76.3 Å². The third kappa shape index (κ3) is 3.52. The molecule has 0 saturated heterocycles. The van der Waals surface area contributed by atoms with Crippen LogP contribution in [0.15, 0.2) is 42.6 Å². The number of ether oxygens (including phenoxy) is 2. The number of alkyl halides is 2. The van der Waals surface area contributed by atoms with Crippen molar-refractivity contribution in [3.63, 3.8) is 0 Å². The number of rotatable bonds is 4. The minimum atomic E-state index is -2.99. The van der Waals surface area contributed by atoms with E-state index in [4.69, 9.17) is 14.6 Å². The number of amides is 1. The second-order valence-electron chi connectivity index (χ2n) is 10.3. The molecule has 0 saturated carbocycles. The van der Waals surface area contributed by atoms with Gasteiger partial charge in [-0.25, -0.2) is 4.52 Å². The van der Waals surface area contributed by atoms with Crippen LogP contribution in [-0.4, -0.2) is 57.5 Å². The van der Waals surface area contributed by atoms with Crippen LogP contribution >= 0.6 is 0 Å². The van der Waals surface area contributed by atoms with Gasteiger partial charge in [-0.05, 0) is 62.1 Å². The van der Waals surface area contributed by atoms with Gasteiger partial charge in [0.25, 0.3) is 5.91 Å². The Morgan fingerprint density at radius 2 is 2.06 bits per heavy atom. The van der Waals surface area contributed by atoms with E-state index in [1.54, 1.807) is 42.4 Å². The molecule has 4 heterocycles. The molecule has 1 aromatic carbocycles. The number of halogens is 2. The van der Waals surface area contributed by atoms with E-state index >= 15 is 0 Å². The number of hydrogen-bond donors (Lipinski definition) is 1. The first-order valence-corrected chi connectivity index (χ1v) is 12.0. The maximum atomic E-state index is 13.3. The first-order valence-electron chi connectivity index (χ1n) is 12.0. The maximum absolute atomic E-state index is 13.3. The summed E-state index contributed by atoms with van der Waals surface area (Å²) >= 11 is 0.